The summed E-state index contributed by atoms with van der Waals surface area (Å²) in [5.74, 6) is 1.73. The lowest BCUT2D eigenvalue weighted by atomic mass is 9.69. The van der Waals surface area contributed by atoms with Crippen molar-refractivity contribution in [3.63, 3.8) is 0 Å². The van der Waals surface area contributed by atoms with Crippen molar-refractivity contribution in [2.45, 2.75) is 95.0 Å². The molecule has 176 valence electrons. The Balaban J connectivity index is 1.45. The predicted octanol–water partition coefficient (Wildman–Crippen LogP) is 1.95. The van der Waals surface area contributed by atoms with E-state index in [2.05, 4.69) is 11.8 Å². The fourth-order valence-electron chi connectivity index (χ4n) is 6.70. The van der Waals surface area contributed by atoms with E-state index in [1.165, 1.54) is 0 Å². The third-order valence-corrected chi connectivity index (χ3v) is 10.7. The molecule has 4 fully saturated rings. The van der Waals surface area contributed by atoms with Gasteiger partial charge in [0.25, 0.3) is 0 Å². The summed E-state index contributed by atoms with van der Waals surface area (Å²) in [5, 5.41) is -0.236. The van der Waals surface area contributed by atoms with Gasteiger partial charge in [-0.25, -0.2) is 8.42 Å². The lowest BCUT2D eigenvalue weighted by molar-refractivity contribution is -0.155. The molecule has 0 aromatic heterocycles. The van der Waals surface area contributed by atoms with Gasteiger partial charge in [0.1, 0.15) is 0 Å². The second-order valence-corrected chi connectivity index (χ2v) is 12.8. The smallest absolute Gasteiger partial charge is 0.226 e. The summed E-state index contributed by atoms with van der Waals surface area (Å²) in [7, 11) is -3.07. The van der Waals surface area contributed by atoms with Crippen LogP contribution in [-0.2, 0) is 19.4 Å². The Labute approximate surface area is 187 Å². The predicted molar refractivity (Wildman–Crippen MR) is 120 cm³/mol. The van der Waals surface area contributed by atoms with E-state index in [0.717, 1.165) is 57.8 Å². The molecule has 8 heteroatoms. The zero-order valence-corrected chi connectivity index (χ0v) is 19.9. The molecule has 1 saturated heterocycles. The standard InChI is InChI=1S/C23H39N3O4S/c1-15-14-25(23(28)18-3-4-18)22-13-19(7-10-21(22)26(15)16(2)27)17-5-8-20(9-6-17)31(29,30)12-11-24/h15,17-22H,3-14,24H2,1-2H3/t15-,17?,19?,20?,21?,22?/m0/s1. The molecule has 0 bridgehead atoms. The molecule has 4 aliphatic rings. The van der Waals surface area contributed by atoms with Crippen LogP contribution in [0.1, 0.15) is 71.6 Å². The van der Waals surface area contributed by atoms with Gasteiger partial charge in [0, 0.05) is 32.0 Å². The van der Waals surface area contributed by atoms with Crippen molar-refractivity contribution in [3.8, 4) is 0 Å². The normalized spacial score (nSPS) is 36.7. The summed E-state index contributed by atoms with van der Waals surface area (Å²) in [6, 6.07) is 0.313. The van der Waals surface area contributed by atoms with Crippen LogP contribution in [0.4, 0.5) is 0 Å². The minimum absolute atomic E-state index is 0.0705. The highest BCUT2D eigenvalue weighted by atomic mass is 32.2. The van der Waals surface area contributed by atoms with E-state index in [1.54, 1.807) is 6.92 Å². The first-order valence-corrected chi connectivity index (χ1v) is 14.0. The maximum Gasteiger partial charge on any atom is 0.226 e. The Morgan fingerprint density at radius 1 is 0.935 bits per heavy atom. The van der Waals surface area contributed by atoms with Gasteiger partial charge in [0.2, 0.25) is 11.8 Å². The third kappa shape index (κ3) is 4.65. The minimum Gasteiger partial charge on any atom is -0.335 e. The summed E-state index contributed by atoms with van der Waals surface area (Å²) in [6.45, 7) is 4.57. The van der Waals surface area contributed by atoms with Gasteiger partial charge < -0.3 is 15.5 Å². The van der Waals surface area contributed by atoms with Gasteiger partial charge in [-0.15, -0.1) is 0 Å². The van der Waals surface area contributed by atoms with Crippen LogP contribution in [-0.4, -0.2) is 72.2 Å². The van der Waals surface area contributed by atoms with Crippen molar-refractivity contribution in [1.82, 2.24) is 9.80 Å². The zero-order chi connectivity index (χ0) is 22.3. The fourth-order valence-corrected chi connectivity index (χ4v) is 8.35. The summed E-state index contributed by atoms with van der Waals surface area (Å²) >= 11 is 0. The Hall–Kier alpha value is -1.15. The Bertz CT molecular complexity index is 789. The van der Waals surface area contributed by atoms with Crippen molar-refractivity contribution in [3.05, 3.63) is 0 Å². The van der Waals surface area contributed by atoms with E-state index < -0.39 is 9.84 Å². The highest BCUT2D eigenvalue weighted by Gasteiger charge is 2.49. The largest absolute Gasteiger partial charge is 0.335 e. The molecule has 4 atom stereocenters. The fraction of sp³-hybridized carbons (Fsp3) is 0.913. The van der Waals surface area contributed by atoms with E-state index in [9.17, 15) is 18.0 Å². The van der Waals surface area contributed by atoms with Crippen molar-refractivity contribution in [1.29, 1.82) is 0 Å². The lowest BCUT2D eigenvalue weighted by Crippen LogP contribution is -2.67. The average molecular weight is 454 g/mol. The number of nitrogens with two attached hydrogens (primary N) is 1. The van der Waals surface area contributed by atoms with Crippen LogP contribution in [0.25, 0.3) is 0 Å². The van der Waals surface area contributed by atoms with Gasteiger partial charge in [-0.1, -0.05) is 0 Å². The van der Waals surface area contributed by atoms with Crippen LogP contribution < -0.4 is 5.73 Å². The molecule has 3 saturated carbocycles. The van der Waals surface area contributed by atoms with E-state index in [1.807, 2.05) is 4.90 Å². The highest BCUT2D eigenvalue weighted by Crippen LogP contribution is 2.44. The van der Waals surface area contributed by atoms with E-state index in [0.29, 0.717) is 24.3 Å². The molecule has 3 aliphatic carbocycles. The molecule has 3 unspecified atom stereocenters. The van der Waals surface area contributed by atoms with Crippen LogP contribution in [0.15, 0.2) is 0 Å². The number of carbonyl (C=O) groups excluding carboxylic acids is 2. The number of sulfone groups is 1. The van der Waals surface area contributed by atoms with Crippen molar-refractivity contribution < 1.29 is 18.0 Å². The average Bonchev–Trinajstić information content (AvgIpc) is 3.57. The number of nitrogens with zero attached hydrogens (tertiary/aromatic N) is 2. The first-order chi connectivity index (χ1) is 14.7. The monoisotopic (exact) mass is 453 g/mol. The highest BCUT2D eigenvalue weighted by molar-refractivity contribution is 7.92. The first-order valence-electron chi connectivity index (χ1n) is 12.2. The van der Waals surface area contributed by atoms with Gasteiger partial charge in [0.05, 0.1) is 23.1 Å². The first kappa shape index (κ1) is 23.0. The van der Waals surface area contributed by atoms with E-state index in [-0.39, 0.29) is 47.5 Å². The van der Waals surface area contributed by atoms with Crippen LogP contribution >= 0.6 is 0 Å². The van der Waals surface area contributed by atoms with Gasteiger partial charge in [-0.3, -0.25) is 9.59 Å². The van der Waals surface area contributed by atoms with Crippen molar-refractivity contribution >= 4 is 21.7 Å². The molecule has 1 aliphatic heterocycles. The summed E-state index contributed by atoms with van der Waals surface area (Å²) in [4.78, 5) is 29.6. The summed E-state index contributed by atoms with van der Waals surface area (Å²) in [5.41, 5.74) is 5.49. The SMILES string of the molecule is CC(=O)N1C2CCC(C3CCC(S(=O)(=O)CCN)CC3)CC2N(C(=O)C2CC2)C[C@@H]1C. The van der Waals surface area contributed by atoms with Gasteiger partial charge in [-0.05, 0) is 76.5 Å². The van der Waals surface area contributed by atoms with Gasteiger partial charge in [-0.2, -0.15) is 0 Å². The molecule has 0 spiro atoms. The topological polar surface area (TPSA) is 101 Å². The molecular formula is C23H39N3O4S. The number of amides is 2. The minimum atomic E-state index is -3.07. The maximum absolute atomic E-state index is 13.1. The maximum atomic E-state index is 13.1. The number of carbonyl (C=O) groups is 2. The van der Waals surface area contributed by atoms with E-state index in [4.69, 9.17) is 5.73 Å². The molecule has 7 nitrogen and oxygen atoms in total. The second kappa shape index (κ2) is 9.00. The molecule has 0 aromatic rings. The van der Waals surface area contributed by atoms with Crippen LogP contribution in [0.2, 0.25) is 0 Å². The molecule has 0 aromatic carbocycles. The molecular weight excluding hydrogens is 414 g/mol. The van der Waals surface area contributed by atoms with Crippen LogP contribution in [0.3, 0.4) is 0 Å². The Kier molecular flexibility index (Phi) is 6.69. The molecule has 2 amide bonds. The number of piperazine rings is 1. The summed E-state index contributed by atoms with van der Waals surface area (Å²) in [6.07, 6.45) is 8.32. The number of hydrogen-bond donors (Lipinski definition) is 1. The number of rotatable bonds is 5. The third-order valence-electron chi connectivity index (χ3n) is 8.38. The quantitative estimate of drug-likeness (QED) is 0.686. The molecule has 1 heterocycles. The van der Waals surface area contributed by atoms with Crippen LogP contribution in [0.5, 0.6) is 0 Å². The van der Waals surface area contributed by atoms with Gasteiger partial charge >= 0.3 is 0 Å². The van der Waals surface area contributed by atoms with Crippen molar-refractivity contribution in [2.24, 2.45) is 23.5 Å². The Morgan fingerprint density at radius 2 is 1.58 bits per heavy atom. The Morgan fingerprint density at radius 3 is 2.16 bits per heavy atom. The van der Waals surface area contributed by atoms with Crippen LogP contribution in [0, 0.1) is 17.8 Å². The molecule has 4 rings (SSSR count). The van der Waals surface area contributed by atoms with Gasteiger partial charge in [0.15, 0.2) is 9.84 Å². The lowest BCUT2D eigenvalue weighted by Gasteiger charge is -2.55. The number of fused-ring (bicyclic) bond motifs is 1. The molecule has 2 N–H and O–H groups in total. The number of hydrogen-bond acceptors (Lipinski definition) is 5. The second-order valence-electron chi connectivity index (χ2n) is 10.4. The van der Waals surface area contributed by atoms with Crippen molar-refractivity contribution in [2.75, 3.05) is 18.8 Å². The summed E-state index contributed by atoms with van der Waals surface area (Å²) < 4.78 is 24.8. The zero-order valence-electron chi connectivity index (χ0n) is 19.0. The van der Waals surface area contributed by atoms with E-state index >= 15 is 0 Å². The molecule has 31 heavy (non-hydrogen) atoms. The molecule has 0 radical (unpaired) electrons.